The summed E-state index contributed by atoms with van der Waals surface area (Å²) in [4.78, 5) is 29.0. The second-order valence-corrected chi connectivity index (χ2v) is 12.0. The summed E-state index contributed by atoms with van der Waals surface area (Å²) in [7, 11) is 0. The summed E-state index contributed by atoms with van der Waals surface area (Å²) in [5.74, 6) is 0.326. The van der Waals surface area contributed by atoms with Gasteiger partial charge in [0.05, 0.1) is 5.75 Å². The quantitative estimate of drug-likeness (QED) is 0.272. The number of halogens is 3. The second kappa shape index (κ2) is 13.6. The molecule has 4 nitrogen and oxygen atoms in total. The molecule has 3 aromatic rings. The van der Waals surface area contributed by atoms with E-state index < -0.39 is 11.6 Å². The van der Waals surface area contributed by atoms with Gasteiger partial charge in [-0.05, 0) is 50.1 Å². The molecule has 0 radical (unpaired) electrons. The third-order valence-corrected chi connectivity index (χ3v) is 7.64. The van der Waals surface area contributed by atoms with Gasteiger partial charge >= 0.3 is 0 Å². The van der Waals surface area contributed by atoms with Crippen molar-refractivity contribution in [2.24, 2.45) is 0 Å². The van der Waals surface area contributed by atoms with Crippen LogP contribution in [0.4, 0.5) is 0 Å². The van der Waals surface area contributed by atoms with Crippen LogP contribution < -0.4 is 5.32 Å². The molecular weight excluding hydrogens is 547 g/mol. The molecule has 0 fully saturated rings. The average molecular weight is 578 g/mol. The first kappa shape index (κ1) is 29.4. The number of nitrogens with one attached hydrogen (secondary N) is 1. The lowest BCUT2D eigenvalue weighted by Gasteiger charge is -2.34. The molecule has 0 spiro atoms. The summed E-state index contributed by atoms with van der Waals surface area (Å²) >= 11 is 20.7. The van der Waals surface area contributed by atoms with Crippen LogP contribution in [0.5, 0.6) is 0 Å². The predicted molar refractivity (Wildman–Crippen MR) is 156 cm³/mol. The molecule has 0 aliphatic carbocycles. The van der Waals surface area contributed by atoms with Gasteiger partial charge in [0.15, 0.2) is 0 Å². The fourth-order valence-corrected chi connectivity index (χ4v) is 5.52. The van der Waals surface area contributed by atoms with Gasteiger partial charge in [-0.15, -0.1) is 11.8 Å². The zero-order valence-electron chi connectivity index (χ0n) is 21.1. The third kappa shape index (κ3) is 8.96. The molecule has 1 unspecified atom stereocenters. The summed E-state index contributed by atoms with van der Waals surface area (Å²) in [6.07, 6.45) is 0.353. The number of nitrogens with zero attached hydrogens (tertiary/aromatic N) is 1. The zero-order chi connectivity index (χ0) is 27.0. The van der Waals surface area contributed by atoms with Gasteiger partial charge in [-0.1, -0.05) is 89.4 Å². The van der Waals surface area contributed by atoms with E-state index in [9.17, 15) is 9.59 Å². The van der Waals surface area contributed by atoms with Crippen LogP contribution in [-0.4, -0.2) is 34.0 Å². The summed E-state index contributed by atoms with van der Waals surface area (Å²) in [6, 6.07) is 21.7. The van der Waals surface area contributed by atoms with E-state index in [1.54, 1.807) is 23.1 Å². The van der Waals surface area contributed by atoms with Crippen molar-refractivity contribution in [1.82, 2.24) is 10.2 Å². The Bertz CT molecular complexity index is 1200. The largest absolute Gasteiger partial charge is 0.350 e. The minimum atomic E-state index is -0.762. The van der Waals surface area contributed by atoms with Gasteiger partial charge in [0, 0.05) is 44.9 Å². The molecule has 1 N–H and O–H groups in total. The summed E-state index contributed by atoms with van der Waals surface area (Å²) in [5, 5.41) is 4.61. The number of hydrogen-bond acceptors (Lipinski definition) is 3. The molecule has 0 aliphatic heterocycles. The first-order chi connectivity index (χ1) is 17.5. The number of thioether (sulfide) groups is 1. The first-order valence-corrected chi connectivity index (χ1v) is 14.2. The van der Waals surface area contributed by atoms with E-state index in [0.29, 0.717) is 32.8 Å². The SMILES string of the molecule is CC(C)(C)NC(=O)C(Cc1ccccc1)N(Cc1c(Cl)cccc1Cl)C(=O)CSCc1ccccc1Cl. The third-order valence-electron chi connectivity index (χ3n) is 5.60. The van der Waals surface area contributed by atoms with E-state index in [1.807, 2.05) is 75.4 Å². The average Bonchev–Trinajstić information content (AvgIpc) is 2.83. The van der Waals surface area contributed by atoms with E-state index in [0.717, 1.165) is 11.1 Å². The maximum absolute atomic E-state index is 13.8. The van der Waals surface area contributed by atoms with Crippen LogP contribution in [0.2, 0.25) is 15.1 Å². The number of amides is 2. The number of benzene rings is 3. The zero-order valence-corrected chi connectivity index (χ0v) is 24.2. The van der Waals surface area contributed by atoms with Gasteiger partial charge in [-0.2, -0.15) is 0 Å². The van der Waals surface area contributed by atoms with Gasteiger partial charge in [-0.3, -0.25) is 9.59 Å². The molecule has 8 heteroatoms. The Morgan fingerprint density at radius 2 is 1.46 bits per heavy atom. The van der Waals surface area contributed by atoms with Gasteiger partial charge in [0.2, 0.25) is 11.8 Å². The van der Waals surface area contributed by atoms with Crippen molar-refractivity contribution >= 4 is 58.4 Å². The molecule has 37 heavy (non-hydrogen) atoms. The molecule has 0 aromatic heterocycles. The van der Waals surface area contributed by atoms with E-state index in [-0.39, 0.29) is 24.1 Å². The molecular formula is C29H31Cl3N2O2S. The van der Waals surface area contributed by atoms with Gasteiger partial charge in [0.1, 0.15) is 6.04 Å². The van der Waals surface area contributed by atoms with Crippen molar-refractivity contribution in [1.29, 1.82) is 0 Å². The lowest BCUT2D eigenvalue weighted by molar-refractivity contribution is -0.140. The summed E-state index contributed by atoms with van der Waals surface area (Å²) in [6.45, 7) is 5.86. The van der Waals surface area contributed by atoms with Gasteiger partial charge in [0.25, 0.3) is 0 Å². The highest BCUT2D eigenvalue weighted by atomic mass is 35.5. The number of hydrogen-bond donors (Lipinski definition) is 1. The molecule has 1 atom stereocenters. The standard InChI is InChI=1S/C29H31Cl3N2O2S/c1-29(2,3)33-28(36)26(16-20-10-5-4-6-11-20)34(17-22-24(31)14-9-15-25(22)32)27(35)19-37-18-21-12-7-8-13-23(21)30/h4-15,26H,16-19H2,1-3H3,(H,33,36). The number of carbonyl (C=O) groups excluding carboxylic acids is 2. The molecule has 0 bridgehead atoms. The smallest absolute Gasteiger partial charge is 0.243 e. The second-order valence-electron chi connectivity index (χ2n) is 9.75. The molecule has 0 aliphatic rings. The molecule has 3 rings (SSSR count). The van der Waals surface area contributed by atoms with E-state index in [4.69, 9.17) is 34.8 Å². The monoisotopic (exact) mass is 576 g/mol. The van der Waals surface area contributed by atoms with Gasteiger partial charge in [-0.25, -0.2) is 0 Å². The Labute approximate surface area is 238 Å². The fourth-order valence-electron chi connectivity index (χ4n) is 3.81. The van der Waals surface area contributed by atoms with Crippen molar-refractivity contribution in [2.75, 3.05) is 5.75 Å². The van der Waals surface area contributed by atoms with Crippen LogP contribution in [0.1, 0.15) is 37.5 Å². The predicted octanol–water partition coefficient (Wildman–Crippen LogP) is 7.43. The Morgan fingerprint density at radius 1 is 0.865 bits per heavy atom. The Hall–Kier alpha value is -2.18. The molecule has 3 aromatic carbocycles. The van der Waals surface area contributed by atoms with Crippen molar-refractivity contribution in [3.8, 4) is 0 Å². The number of carbonyl (C=O) groups is 2. The summed E-state index contributed by atoms with van der Waals surface area (Å²) in [5.41, 5.74) is 2.04. The van der Waals surface area contributed by atoms with Crippen LogP contribution in [0.3, 0.4) is 0 Å². The minimum Gasteiger partial charge on any atom is -0.350 e. The van der Waals surface area contributed by atoms with Crippen LogP contribution in [0, 0.1) is 0 Å². The van der Waals surface area contributed by atoms with Gasteiger partial charge < -0.3 is 10.2 Å². The Balaban J connectivity index is 1.93. The molecule has 196 valence electrons. The normalized spacial score (nSPS) is 12.2. The molecule has 2 amide bonds. The Morgan fingerprint density at radius 3 is 2.08 bits per heavy atom. The highest BCUT2D eigenvalue weighted by molar-refractivity contribution is 7.99. The maximum Gasteiger partial charge on any atom is 0.243 e. The minimum absolute atomic E-state index is 0.110. The van der Waals surface area contributed by atoms with E-state index in [1.165, 1.54) is 11.8 Å². The highest BCUT2D eigenvalue weighted by Crippen LogP contribution is 2.28. The molecule has 0 saturated heterocycles. The maximum atomic E-state index is 13.8. The van der Waals surface area contributed by atoms with Crippen LogP contribution in [0.15, 0.2) is 72.8 Å². The lowest BCUT2D eigenvalue weighted by atomic mass is 10.0. The summed E-state index contributed by atoms with van der Waals surface area (Å²) < 4.78 is 0. The molecule has 0 saturated carbocycles. The highest BCUT2D eigenvalue weighted by Gasteiger charge is 2.33. The van der Waals surface area contributed by atoms with Crippen LogP contribution in [-0.2, 0) is 28.3 Å². The fraction of sp³-hybridized carbons (Fsp3) is 0.310. The number of rotatable bonds is 10. The molecule has 0 heterocycles. The lowest BCUT2D eigenvalue weighted by Crippen LogP contribution is -2.54. The topological polar surface area (TPSA) is 49.4 Å². The van der Waals surface area contributed by atoms with Crippen LogP contribution >= 0.6 is 46.6 Å². The van der Waals surface area contributed by atoms with Crippen LogP contribution in [0.25, 0.3) is 0 Å². The van der Waals surface area contributed by atoms with Crippen molar-refractivity contribution in [2.45, 2.75) is 51.1 Å². The van der Waals surface area contributed by atoms with Crippen molar-refractivity contribution < 1.29 is 9.59 Å². The van der Waals surface area contributed by atoms with Crippen molar-refractivity contribution in [3.63, 3.8) is 0 Å². The van der Waals surface area contributed by atoms with Crippen molar-refractivity contribution in [3.05, 3.63) is 105 Å². The van der Waals surface area contributed by atoms with E-state index in [2.05, 4.69) is 5.32 Å². The first-order valence-electron chi connectivity index (χ1n) is 11.9. The van der Waals surface area contributed by atoms with E-state index >= 15 is 0 Å². The Kier molecular flexibility index (Phi) is 10.8.